The van der Waals surface area contributed by atoms with Crippen molar-refractivity contribution in [1.29, 1.82) is 0 Å². The molecule has 0 saturated carbocycles. The second-order valence-corrected chi connectivity index (χ2v) is 7.50. The number of likely N-dealkylation sites (tertiary alicyclic amines) is 2. The van der Waals surface area contributed by atoms with Crippen molar-refractivity contribution in [2.75, 3.05) is 52.5 Å². The molecule has 3 rings (SSSR count). The lowest BCUT2D eigenvalue weighted by atomic mass is 9.64. The molecule has 3 fully saturated rings. The highest BCUT2D eigenvalue weighted by molar-refractivity contribution is 5.69. The number of carboxylic acids is 1. The van der Waals surface area contributed by atoms with Gasteiger partial charge in [0.2, 0.25) is 0 Å². The SMILES string of the molecule is O=C(O)CN1CCC2(CCN(C3CCOCC3)CC2)[C@@H](CO)C1. The summed E-state index contributed by atoms with van der Waals surface area (Å²) < 4.78 is 5.47. The number of nitrogens with zero attached hydrogens (tertiary/aromatic N) is 2. The van der Waals surface area contributed by atoms with Gasteiger partial charge in [0.25, 0.3) is 0 Å². The Morgan fingerprint density at radius 3 is 2.39 bits per heavy atom. The second-order valence-electron chi connectivity index (χ2n) is 7.50. The van der Waals surface area contributed by atoms with E-state index in [2.05, 4.69) is 4.90 Å². The van der Waals surface area contributed by atoms with Crippen molar-refractivity contribution in [1.82, 2.24) is 9.80 Å². The Bertz CT molecular complexity index is 403. The third-order valence-electron chi connectivity index (χ3n) is 6.35. The summed E-state index contributed by atoms with van der Waals surface area (Å²) in [5.41, 5.74) is 0.214. The summed E-state index contributed by atoms with van der Waals surface area (Å²) in [4.78, 5) is 15.5. The number of piperidine rings is 2. The lowest BCUT2D eigenvalue weighted by molar-refractivity contribution is -0.140. The maximum absolute atomic E-state index is 10.9. The second kappa shape index (κ2) is 7.47. The van der Waals surface area contributed by atoms with E-state index in [4.69, 9.17) is 9.84 Å². The normalized spacial score (nSPS) is 30.6. The Morgan fingerprint density at radius 1 is 1.13 bits per heavy atom. The van der Waals surface area contributed by atoms with Crippen LogP contribution in [-0.4, -0.2) is 84.6 Å². The van der Waals surface area contributed by atoms with Crippen LogP contribution in [0.15, 0.2) is 0 Å². The third-order valence-corrected chi connectivity index (χ3v) is 6.35. The summed E-state index contributed by atoms with van der Waals surface area (Å²) in [7, 11) is 0. The summed E-state index contributed by atoms with van der Waals surface area (Å²) in [6, 6.07) is 0.667. The number of ether oxygens (including phenoxy) is 1. The van der Waals surface area contributed by atoms with Gasteiger partial charge in [-0.1, -0.05) is 0 Å². The van der Waals surface area contributed by atoms with Gasteiger partial charge in [-0.25, -0.2) is 0 Å². The number of aliphatic carboxylic acids is 1. The number of hydrogen-bond acceptors (Lipinski definition) is 5. The van der Waals surface area contributed by atoms with Gasteiger partial charge in [-0.2, -0.15) is 0 Å². The van der Waals surface area contributed by atoms with Crippen molar-refractivity contribution >= 4 is 5.97 Å². The van der Waals surface area contributed by atoms with E-state index in [9.17, 15) is 9.90 Å². The van der Waals surface area contributed by atoms with Crippen molar-refractivity contribution in [2.24, 2.45) is 11.3 Å². The number of aliphatic hydroxyl groups is 1. The predicted octanol–water partition coefficient (Wildman–Crippen LogP) is 0.646. The van der Waals surface area contributed by atoms with Gasteiger partial charge in [0.1, 0.15) is 0 Å². The summed E-state index contributed by atoms with van der Waals surface area (Å²) in [5, 5.41) is 18.9. The minimum absolute atomic E-state index is 0.0980. The van der Waals surface area contributed by atoms with Crippen LogP contribution in [0.4, 0.5) is 0 Å². The fraction of sp³-hybridized carbons (Fsp3) is 0.941. The highest BCUT2D eigenvalue weighted by Gasteiger charge is 2.45. The molecular weight excluding hydrogens is 296 g/mol. The number of hydrogen-bond donors (Lipinski definition) is 2. The molecule has 3 aliphatic heterocycles. The lowest BCUT2D eigenvalue weighted by Crippen LogP contribution is -2.55. The first-order valence-corrected chi connectivity index (χ1v) is 9.00. The lowest BCUT2D eigenvalue weighted by Gasteiger charge is -2.52. The van der Waals surface area contributed by atoms with E-state index >= 15 is 0 Å². The standard InChI is InChI=1S/C17H30N2O4/c20-13-14-11-18(12-16(21)22)6-3-17(14)4-7-19(8-5-17)15-1-9-23-10-2-15/h14-15,20H,1-13H2,(H,21,22)/t14-/m1/s1. The van der Waals surface area contributed by atoms with Crippen LogP contribution in [0.1, 0.15) is 32.1 Å². The molecule has 0 aliphatic carbocycles. The fourth-order valence-corrected chi connectivity index (χ4v) is 4.81. The minimum Gasteiger partial charge on any atom is -0.480 e. The van der Waals surface area contributed by atoms with Crippen LogP contribution in [0.2, 0.25) is 0 Å². The molecule has 3 aliphatic rings. The molecule has 3 heterocycles. The molecule has 2 N–H and O–H groups in total. The van der Waals surface area contributed by atoms with Crippen molar-refractivity contribution in [3.8, 4) is 0 Å². The van der Waals surface area contributed by atoms with Gasteiger partial charge < -0.3 is 19.8 Å². The highest BCUT2D eigenvalue weighted by Crippen LogP contribution is 2.45. The Balaban J connectivity index is 1.56. The molecule has 0 radical (unpaired) electrons. The number of carboxylic acid groups (broad SMARTS) is 1. The molecule has 1 spiro atoms. The molecule has 6 nitrogen and oxygen atoms in total. The zero-order chi connectivity index (χ0) is 16.3. The zero-order valence-corrected chi connectivity index (χ0v) is 14.0. The summed E-state index contributed by atoms with van der Waals surface area (Å²) >= 11 is 0. The fourth-order valence-electron chi connectivity index (χ4n) is 4.81. The molecule has 0 amide bonds. The maximum Gasteiger partial charge on any atom is 0.317 e. The Kier molecular flexibility index (Phi) is 5.57. The van der Waals surface area contributed by atoms with Crippen molar-refractivity contribution in [3.63, 3.8) is 0 Å². The largest absolute Gasteiger partial charge is 0.480 e. The molecule has 0 aromatic heterocycles. The average Bonchev–Trinajstić information content (AvgIpc) is 2.58. The predicted molar refractivity (Wildman–Crippen MR) is 86.3 cm³/mol. The summed E-state index contributed by atoms with van der Waals surface area (Å²) in [6.45, 7) is 5.83. The van der Waals surface area contributed by atoms with Crippen LogP contribution in [-0.2, 0) is 9.53 Å². The van der Waals surface area contributed by atoms with Crippen LogP contribution in [0.25, 0.3) is 0 Å². The minimum atomic E-state index is -0.771. The van der Waals surface area contributed by atoms with E-state index < -0.39 is 5.97 Å². The Morgan fingerprint density at radius 2 is 1.78 bits per heavy atom. The molecule has 1 atom stereocenters. The first-order chi connectivity index (χ1) is 11.1. The number of aliphatic hydroxyl groups excluding tert-OH is 1. The van der Waals surface area contributed by atoms with E-state index in [0.717, 1.165) is 71.5 Å². The molecular formula is C17H30N2O4. The summed E-state index contributed by atoms with van der Waals surface area (Å²) in [6.07, 6.45) is 5.58. The topological polar surface area (TPSA) is 73.2 Å². The zero-order valence-electron chi connectivity index (χ0n) is 14.0. The van der Waals surface area contributed by atoms with Gasteiger partial charge in [0.15, 0.2) is 0 Å². The van der Waals surface area contributed by atoms with Gasteiger partial charge in [-0.15, -0.1) is 0 Å². The van der Waals surface area contributed by atoms with Crippen molar-refractivity contribution in [3.05, 3.63) is 0 Å². The van der Waals surface area contributed by atoms with E-state index in [-0.39, 0.29) is 24.5 Å². The van der Waals surface area contributed by atoms with Crippen LogP contribution >= 0.6 is 0 Å². The molecule has 0 bridgehead atoms. The van der Waals surface area contributed by atoms with E-state index in [1.165, 1.54) is 0 Å². The first kappa shape index (κ1) is 17.1. The van der Waals surface area contributed by atoms with Gasteiger partial charge in [0, 0.05) is 38.3 Å². The van der Waals surface area contributed by atoms with Crippen molar-refractivity contribution < 1.29 is 19.7 Å². The average molecular weight is 326 g/mol. The van der Waals surface area contributed by atoms with Crippen LogP contribution in [0, 0.1) is 11.3 Å². The van der Waals surface area contributed by atoms with E-state index in [1.807, 2.05) is 4.90 Å². The molecule has 3 saturated heterocycles. The van der Waals surface area contributed by atoms with Crippen LogP contribution < -0.4 is 0 Å². The maximum atomic E-state index is 10.9. The van der Waals surface area contributed by atoms with Gasteiger partial charge >= 0.3 is 5.97 Å². The molecule has 132 valence electrons. The Hall–Kier alpha value is -0.690. The van der Waals surface area contributed by atoms with Gasteiger partial charge in [-0.3, -0.25) is 9.69 Å². The van der Waals surface area contributed by atoms with Crippen molar-refractivity contribution in [2.45, 2.75) is 38.1 Å². The molecule has 0 aromatic carbocycles. The van der Waals surface area contributed by atoms with E-state index in [0.29, 0.717) is 6.04 Å². The monoisotopic (exact) mass is 326 g/mol. The third kappa shape index (κ3) is 3.87. The van der Waals surface area contributed by atoms with E-state index in [1.54, 1.807) is 0 Å². The molecule has 23 heavy (non-hydrogen) atoms. The Labute approximate surface area is 138 Å². The quantitative estimate of drug-likeness (QED) is 0.790. The first-order valence-electron chi connectivity index (χ1n) is 9.00. The summed E-state index contributed by atoms with van der Waals surface area (Å²) in [5.74, 6) is -0.556. The molecule has 0 aromatic rings. The van der Waals surface area contributed by atoms with Crippen LogP contribution in [0.5, 0.6) is 0 Å². The smallest absolute Gasteiger partial charge is 0.317 e. The van der Waals surface area contributed by atoms with Gasteiger partial charge in [0.05, 0.1) is 6.54 Å². The van der Waals surface area contributed by atoms with Crippen LogP contribution in [0.3, 0.4) is 0 Å². The number of rotatable bonds is 4. The molecule has 6 heteroatoms. The number of carbonyl (C=O) groups is 1. The highest BCUT2D eigenvalue weighted by atomic mass is 16.5. The van der Waals surface area contributed by atoms with Gasteiger partial charge in [-0.05, 0) is 57.2 Å². The molecule has 0 unspecified atom stereocenters.